The molecule has 4 nitrogen and oxygen atoms in total. The van der Waals surface area contributed by atoms with Crippen LogP contribution in [0.25, 0.3) is 0 Å². The summed E-state index contributed by atoms with van der Waals surface area (Å²) >= 11 is 1.70. The first kappa shape index (κ1) is 16.9. The summed E-state index contributed by atoms with van der Waals surface area (Å²) in [5, 5.41) is 0. The second-order valence-electron chi connectivity index (χ2n) is 4.76. The molecule has 2 N–H and O–H groups in total. The van der Waals surface area contributed by atoms with Crippen LogP contribution in [-0.2, 0) is 4.79 Å². The van der Waals surface area contributed by atoms with Gasteiger partial charge in [0.05, 0.1) is 12.6 Å². The fourth-order valence-corrected chi connectivity index (χ4v) is 2.26. The second-order valence-corrected chi connectivity index (χ2v) is 5.75. The highest BCUT2D eigenvalue weighted by Gasteiger charge is 2.17. The Balaban J connectivity index is 2.34. The zero-order chi connectivity index (χ0) is 15.0. The highest BCUT2D eigenvalue weighted by atomic mass is 32.2. The van der Waals surface area contributed by atoms with Crippen molar-refractivity contribution in [1.82, 2.24) is 4.90 Å². The zero-order valence-electron chi connectivity index (χ0n) is 12.5. The predicted octanol–water partition coefficient (Wildman–Crippen LogP) is 1.91. The second kappa shape index (κ2) is 8.87. The number of hydrogen-bond acceptors (Lipinski definition) is 4. The largest absolute Gasteiger partial charge is 0.491 e. The monoisotopic (exact) mass is 296 g/mol. The molecule has 0 fully saturated rings. The van der Waals surface area contributed by atoms with Gasteiger partial charge in [-0.2, -0.15) is 11.8 Å². The fourth-order valence-electron chi connectivity index (χ4n) is 1.77. The van der Waals surface area contributed by atoms with Crippen LogP contribution in [0.5, 0.6) is 5.75 Å². The Labute approximate surface area is 125 Å². The SMILES string of the molecule is CSCC[C@H](N)C(=O)N(C)CCOc1ccccc1C. The summed E-state index contributed by atoms with van der Waals surface area (Å²) in [4.78, 5) is 13.6. The number of likely N-dealkylation sites (N-methyl/N-ethyl adjacent to an activating group) is 1. The number of carbonyl (C=O) groups excluding carboxylic acids is 1. The van der Waals surface area contributed by atoms with Crippen molar-refractivity contribution in [3.05, 3.63) is 29.8 Å². The number of nitrogens with zero attached hydrogens (tertiary/aromatic N) is 1. The maximum absolute atomic E-state index is 12.0. The van der Waals surface area contributed by atoms with Crippen molar-refractivity contribution < 1.29 is 9.53 Å². The maximum atomic E-state index is 12.0. The minimum atomic E-state index is -0.411. The van der Waals surface area contributed by atoms with Crippen molar-refractivity contribution in [3.63, 3.8) is 0 Å². The number of para-hydroxylation sites is 1. The number of nitrogens with two attached hydrogens (primary N) is 1. The van der Waals surface area contributed by atoms with E-state index >= 15 is 0 Å². The van der Waals surface area contributed by atoms with Gasteiger partial charge >= 0.3 is 0 Å². The van der Waals surface area contributed by atoms with Crippen LogP contribution in [0.1, 0.15) is 12.0 Å². The van der Waals surface area contributed by atoms with Crippen LogP contribution < -0.4 is 10.5 Å². The molecule has 5 heteroatoms. The lowest BCUT2D eigenvalue weighted by atomic mass is 10.2. The summed E-state index contributed by atoms with van der Waals surface area (Å²) in [6.45, 7) is 3.02. The van der Waals surface area contributed by atoms with Gasteiger partial charge in [-0.25, -0.2) is 0 Å². The molecule has 0 aliphatic rings. The molecule has 1 atom stereocenters. The normalized spacial score (nSPS) is 12.0. The van der Waals surface area contributed by atoms with Crippen LogP contribution in [0.15, 0.2) is 24.3 Å². The van der Waals surface area contributed by atoms with E-state index in [1.54, 1.807) is 23.7 Å². The average molecular weight is 296 g/mol. The molecule has 0 saturated heterocycles. The summed E-state index contributed by atoms with van der Waals surface area (Å²) in [6.07, 6.45) is 2.72. The molecule has 1 amide bonds. The van der Waals surface area contributed by atoms with Crippen molar-refractivity contribution >= 4 is 17.7 Å². The van der Waals surface area contributed by atoms with Gasteiger partial charge in [0, 0.05) is 7.05 Å². The smallest absolute Gasteiger partial charge is 0.239 e. The Kier molecular flexibility index (Phi) is 7.47. The van der Waals surface area contributed by atoms with E-state index in [0.717, 1.165) is 17.1 Å². The number of thioether (sulfide) groups is 1. The summed E-state index contributed by atoms with van der Waals surface area (Å²) in [7, 11) is 1.77. The van der Waals surface area contributed by atoms with Crippen LogP contribution in [0.3, 0.4) is 0 Å². The van der Waals surface area contributed by atoms with Crippen molar-refractivity contribution in [2.75, 3.05) is 32.2 Å². The van der Waals surface area contributed by atoms with Crippen LogP contribution >= 0.6 is 11.8 Å². The molecule has 1 rings (SSSR count). The van der Waals surface area contributed by atoms with Crippen LogP contribution in [-0.4, -0.2) is 49.1 Å². The van der Waals surface area contributed by atoms with E-state index < -0.39 is 6.04 Å². The van der Waals surface area contributed by atoms with Gasteiger partial charge in [0.1, 0.15) is 12.4 Å². The molecule has 0 spiro atoms. The average Bonchev–Trinajstić information content (AvgIpc) is 2.45. The molecule has 0 bridgehead atoms. The third-order valence-corrected chi connectivity index (χ3v) is 3.75. The zero-order valence-corrected chi connectivity index (χ0v) is 13.3. The minimum Gasteiger partial charge on any atom is -0.491 e. The number of ether oxygens (including phenoxy) is 1. The molecule has 0 aliphatic carbocycles. The van der Waals surface area contributed by atoms with Crippen molar-refractivity contribution in [1.29, 1.82) is 0 Å². The van der Waals surface area contributed by atoms with Crippen LogP contribution in [0.2, 0.25) is 0 Å². The van der Waals surface area contributed by atoms with E-state index in [0.29, 0.717) is 19.6 Å². The first-order valence-corrected chi connectivity index (χ1v) is 8.13. The number of hydrogen-bond donors (Lipinski definition) is 1. The lowest BCUT2D eigenvalue weighted by molar-refractivity contribution is -0.131. The summed E-state index contributed by atoms with van der Waals surface area (Å²) in [5.41, 5.74) is 6.96. The van der Waals surface area contributed by atoms with E-state index in [9.17, 15) is 4.79 Å². The van der Waals surface area contributed by atoms with E-state index in [-0.39, 0.29) is 5.91 Å². The topological polar surface area (TPSA) is 55.6 Å². The predicted molar refractivity (Wildman–Crippen MR) is 85.3 cm³/mol. The van der Waals surface area contributed by atoms with Gasteiger partial charge in [0.2, 0.25) is 5.91 Å². The molecule has 0 saturated carbocycles. The third kappa shape index (κ3) is 5.43. The summed E-state index contributed by atoms with van der Waals surface area (Å²) < 4.78 is 5.68. The lowest BCUT2D eigenvalue weighted by Gasteiger charge is -2.21. The third-order valence-electron chi connectivity index (χ3n) is 3.10. The fraction of sp³-hybridized carbons (Fsp3) is 0.533. The number of amides is 1. The van der Waals surface area contributed by atoms with Gasteiger partial charge in [0.15, 0.2) is 0 Å². The number of carbonyl (C=O) groups is 1. The highest BCUT2D eigenvalue weighted by Crippen LogP contribution is 2.15. The molecule has 0 radical (unpaired) electrons. The van der Waals surface area contributed by atoms with Gasteiger partial charge in [-0.05, 0) is 37.0 Å². The van der Waals surface area contributed by atoms with Crippen LogP contribution in [0, 0.1) is 6.92 Å². The molecule has 0 heterocycles. The molecule has 1 aromatic carbocycles. The van der Waals surface area contributed by atoms with Gasteiger partial charge in [-0.1, -0.05) is 18.2 Å². The van der Waals surface area contributed by atoms with E-state index in [1.807, 2.05) is 37.4 Å². The van der Waals surface area contributed by atoms with Gasteiger partial charge in [-0.15, -0.1) is 0 Å². The van der Waals surface area contributed by atoms with Crippen molar-refractivity contribution in [3.8, 4) is 5.75 Å². The van der Waals surface area contributed by atoms with E-state index in [2.05, 4.69) is 0 Å². The first-order chi connectivity index (χ1) is 9.56. The maximum Gasteiger partial charge on any atom is 0.239 e. The van der Waals surface area contributed by atoms with E-state index in [1.165, 1.54) is 0 Å². The number of aryl methyl sites for hydroxylation is 1. The quantitative estimate of drug-likeness (QED) is 0.796. The molecular formula is C15H24N2O2S. The van der Waals surface area contributed by atoms with Gasteiger partial charge in [0.25, 0.3) is 0 Å². The molecule has 0 aliphatic heterocycles. The molecule has 0 unspecified atom stereocenters. The molecule has 0 aromatic heterocycles. The summed E-state index contributed by atoms with van der Waals surface area (Å²) in [5.74, 6) is 1.74. The van der Waals surface area contributed by atoms with Crippen molar-refractivity contribution in [2.45, 2.75) is 19.4 Å². The van der Waals surface area contributed by atoms with Crippen molar-refractivity contribution in [2.24, 2.45) is 5.73 Å². The van der Waals surface area contributed by atoms with Gasteiger partial charge in [-0.3, -0.25) is 4.79 Å². The first-order valence-electron chi connectivity index (χ1n) is 6.74. The lowest BCUT2D eigenvalue weighted by Crippen LogP contribution is -2.43. The molecule has 1 aromatic rings. The molecular weight excluding hydrogens is 272 g/mol. The van der Waals surface area contributed by atoms with Gasteiger partial charge < -0.3 is 15.4 Å². The minimum absolute atomic E-state index is 0.0209. The Morgan fingerprint density at radius 3 is 2.80 bits per heavy atom. The number of rotatable bonds is 8. The number of benzene rings is 1. The molecule has 20 heavy (non-hydrogen) atoms. The standard InChI is InChI=1S/C15H24N2O2S/c1-12-6-4-5-7-14(12)19-10-9-17(2)15(18)13(16)8-11-20-3/h4-7,13H,8-11,16H2,1-3H3/t13-/m0/s1. The Bertz CT molecular complexity index is 426. The Morgan fingerprint density at radius 2 is 2.15 bits per heavy atom. The van der Waals surface area contributed by atoms with Crippen LogP contribution in [0.4, 0.5) is 0 Å². The molecule has 112 valence electrons. The Hall–Kier alpha value is -1.20. The van der Waals surface area contributed by atoms with E-state index in [4.69, 9.17) is 10.5 Å². The highest BCUT2D eigenvalue weighted by molar-refractivity contribution is 7.98. The Morgan fingerprint density at radius 1 is 1.45 bits per heavy atom. The summed E-state index contributed by atoms with van der Waals surface area (Å²) in [6, 6.07) is 7.44.